The highest BCUT2D eigenvalue weighted by molar-refractivity contribution is 9.10. The summed E-state index contributed by atoms with van der Waals surface area (Å²) in [6.45, 7) is 2.36. The molecule has 2 atom stereocenters. The molecule has 0 spiro atoms. The van der Waals surface area contributed by atoms with E-state index in [2.05, 4.69) is 20.7 Å². The minimum Gasteiger partial charge on any atom is -0.475 e. The summed E-state index contributed by atoms with van der Waals surface area (Å²) in [6.07, 6.45) is 1.13. The highest BCUT2D eigenvalue weighted by Gasteiger charge is 2.29. The molecule has 0 aliphatic carbocycles. The van der Waals surface area contributed by atoms with Crippen molar-refractivity contribution in [2.45, 2.75) is 36.8 Å². The first-order valence-electron chi connectivity index (χ1n) is 5.96. The molecule has 1 aliphatic heterocycles. The zero-order valence-corrected chi connectivity index (χ0v) is 13.0. The van der Waals surface area contributed by atoms with Crippen molar-refractivity contribution in [3.8, 4) is 0 Å². The lowest BCUT2D eigenvalue weighted by Gasteiger charge is -2.27. The minimum absolute atomic E-state index is 0.0150. The van der Waals surface area contributed by atoms with Gasteiger partial charge in [0.2, 0.25) is 15.8 Å². The molecule has 9 heteroatoms. The Hall–Kier alpha value is -0.900. The SMILES string of the molecule is CC1CC(NS(=O)(=O)c2cc(C(=O)O)oc2Br)CCO1. The van der Waals surface area contributed by atoms with E-state index in [1.165, 1.54) is 0 Å². The van der Waals surface area contributed by atoms with E-state index in [0.29, 0.717) is 19.4 Å². The molecule has 0 radical (unpaired) electrons. The number of sulfonamides is 1. The number of carboxylic acids is 1. The molecule has 0 aromatic carbocycles. The Morgan fingerprint density at radius 3 is 2.80 bits per heavy atom. The van der Waals surface area contributed by atoms with Gasteiger partial charge < -0.3 is 14.3 Å². The van der Waals surface area contributed by atoms with Gasteiger partial charge in [0.15, 0.2) is 4.67 Å². The van der Waals surface area contributed by atoms with Gasteiger partial charge in [-0.25, -0.2) is 17.9 Å². The summed E-state index contributed by atoms with van der Waals surface area (Å²) in [4.78, 5) is 10.6. The largest absolute Gasteiger partial charge is 0.475 e. The van der Waals surface area contributed by atoms with Gasteiger partial charge in [-0.1, -0.05) is 0 Å². The molecular formula is C11H14BrNO6S. The predicted molar refractivity (Wildman–Crippen MR) is 72.1 cm³/mol. The first kappa shape index (κ1) is 15.5. The monoisotopic (exact) mass is 367 g/mol. The van der Waals surface area contributed by atoms with Gasteiger partial charge in [-0.15, -0.1) is 0 Å². The van der Waals surface area contributed by atoms with Crippen molar-refractivity contribution in [3.63, 3.8) is 0 Å². The number of carboxylic acid groups (broad SMARTS) is 1. The third kappa shape index (κ3) is 3.40. The van der Waals surface area contributed by atoms with E-state index in [-0.39, 0.29) is 21.7 Å². The van der Waals surface area contributed by atoms with Gasteiger partial charge in [-0.05, 0) is 35.7 Å². The van der Waals surface area contributed by atoms with Crippen LogP contribution in [-0.4, -0.2) is 38.2 Å². The van der Waals surface area contributed by atoms with Crippen LogP contribution in [0.2, 0.25) is 0 Å². The van der Waals surface area contributed by atoms with Crippen molar-refractivity contribution in [3.05, 3.63) is 16.5 Å². The van der Waals surface area contributed by atoms with Crippen LogP contribution < -0.4 is 4.72 Å². The molecule has 2 unspecified atom stereocenters. The zero-order valence-electron chi connectivity index (χ0n) is 10.6. The maximum Gasteiger partial charge on any atom is 0.371 e. The number of hydrogen-bond acceptors (Lipinski definition) is 5. The maximum absolute atomic E-state index is 12.2. The Balaban J connectivity index is 2.19. The second-order valence-corrected chi connectivity index (χ2v) is 6.98. The van der Waals surface area contributed by atoms with Gasteiger partial charge in [-0.3, -0.25) is 0 Å². The van der Waals surface area contributed by atoms with E-state index in [1.54, 1.807) is 0 Å². The maximum atomic E-state index is 12.2. The zero-order chi connectivity index (χ0) is 14.9. The third-order valence-corrected chi connectivity index (χ3v) is 5.34. The topological polar surface area (TPSA) is 106 Å². The summed E-state index contributed by atoms with van der Waals surface area (Å²) in [5, 5.41) is 8.80. The van der Waals surface area contributed by atoms with Crippen LogP contribution in [0.5, 0.6) is 0 Å². The summed E-state index contributed by atoms with van der Waals surface area (Å²) >= 11 is 2.92. The lowest BCUT2D eigenvalue weighted by Crippen LogP contribution is -2.41. The lowest BCUT2D eigenvalue weighted by molar-refractivity contribution is 0.0173. The van der Waals surface area contributed by atoms with Crippen LogP contribution in [0.4, 0.5) is 0 Å². The van der Waals surface area contributed by atoms with E-state index in [1.807, 2.05) is 6.92 Å². The third-order valence-electron chi connectivity index (χ3n) is 2.96. The highest BCUT2D eigenvalue weighted by Crippen LogP contribution is 2.27. The number of aromatic carboxylic acids is 1. The standard InChI is InChI=1S/C11H14BrNO6S/c1-6-4-7(2-3-18-6)13-20(16,17)9-5-8(11(14)15)19-10(9)12/h5-7,13H,2-4H2,1H3,(H,14,15). The average molecular weight is 368 g/mol. The van der Waals surface area contributed by atoms with Crippen molar-refractivity contribution < 1.29 is 27.5 Å². The number of halogens is 1. The van der Waals surface area contributed by atoms with Crippen LogP contribution in [0.15, 0.2) is 20.0 Å². The molecule has 1 aromatic heterocycles. The Kier molecular flexibility index (Phi) is 4.52. The number of rotatable bonds is 4. The number of ether oxygens (including phenoxy) is 1. The molecule has 2 N–H and O–H groups in total. The molecular weight excluding hydrogens is 354 g/mol. The van der Waals surface area contributed by atoms with Crippen molar-refractivity contribution in [1.82, 2.24) is 4.72 Å². The predicted octanol–water partition coefficient (Wildman–Crippen LogP) is 1.59. The quantitative estimate of drug-likeness (QED) is 0.836. The minimum atomic E-state index is -3.84. The summed E-state index contributed by atoms with van der Waals surface area (Å²) < 4.78 is 37.1. The van der Waals surface area contributed by atoms with Crippen LogP contribution in [0, 0.1) is 0 Å². The van der Waals surface area contributed by atoms with E-state index >= 15 is 0 Å². The van der Waals surface area contributed by atoms with Gasteiger partial charge in [0.25, 0.3) is 0 Å². The van der Waals surface area contributed by atoms with Crippen LogP contribution in [-0.2, 0) is 14.8 Å². The second kappa shape index (κ2) is 5.84. The van der Waals surface area contributed by atoms with Gasteiger partial charge in [0, 0.05) is 18.7 Å². The molecule has 20 heavy (non-hydrogen) atoms. The molecule has 0 saturated carbocycles. The average Bonchev–Trinajstić information content (AvgIpc) is 2.71. The van der Waals surface area contributed by atoms with Crippen LogP contribution >= 0.6 is 15.9 Å². The fourth-order valence-corrected chi connectivity index (χ4v) is 4.25. The number of nitrogens with one attached hydrogen (secondary N) is 1. The van der Waals surface area contributed by atoms with E-state index < -0.39 is 21.8 Å². The summed E-state index contributed by atoms with van der Waals surface area (Å²) in [6, 6.07) is 0.746. The van der Waals surface area contributed by atoms with Crippen molar-refractivity contribution >= 4 is 31.9 Å². The molecule has 1 saturated heterocycles. The van der Waals surface area contributed by atoms with E-state index in [9.17, 15) is 13.2 Å². The number of carbonyl (C=O) groups is 1. The fourth-order valence-electron chi connectivity index (χ4n) is 2.03. The summed E-state index contributed by atoms with van der Waals surface area (Å²) in [5.74, 6) is -1.76. The molecule has 112 valence electrons. The molecule has 1 aliphatic rings. The first-order chi connectivity index (χ1) is 9.29. The second-order valence-electron chi connectivity index (χ2n) is 4.58. The Bertz CT molecular complexity index is 610. The van der Waals surface area contributed by atoms with E-state index in [0.717, 1.165) is 6.07 Å². The number of furan rings is 1. The fraction of sp³-hybridized carbons (Fsp3) is 0.545. The van der Waals surface area contributed by atoms with Gasteiger partial charge in [-0.2, -0.15) is 0 Å². The van der Waals surface area contributed by atoms with Gasteiger partial charge in [0.05, 0.1) is 6.10 Å². The molecule has 7 nitrogen and oxygen atoms in total. The van der Waals surface area contributed by atoms with E-state index in [4.69, 9.17) is 14.3 Å². The van der Waals surface area contributed by atoms with Crippen LogP contribution in [0.25, 0.3) is 0 Å². The molecule has 2 rings (SSSR count). The Labute approximate surface area is 124 Å². The smallest absolute Gasteiger partial charge is 0.371 e. The highest BCUT2D eigenvalue weighted by atomic mass is 79.9. The van der Waals surface area contributed by atoms with Gasteiger partial charge >= 0.3 is 5.97 Å². The first-order valence-corrected chi connectivity index (χ1v) is 8.24. The van der Waals surface area contributed by atoms with Crippen LogP contribution in [0.1, 0.15) is 30.3 Å². The Morgan fingerprint density at radius 2 is 2.25 bits per heavy atom. The molecule has 1 fully saturated rings. The Morgan fingerprint density at radius 1 is 1.55 bits per heavy atom. The van der Waals surface area contributed by atoms with Crippen molar-refractivity contribution in [2.75, 3.05) is 6.61 Å². The van der Waals surface area contributed by atoms with Gasteiger partial charge in [0.1, 0.15) is 4.90 Å². The lowest BCUT2D eigenvalue weighted by atomic mass is 10.1. The summed E-state index contributed by atoms with van der Waals surface area (Å²) in [5.41, 5.74) is 0. The summed E-state index contributed by atoms with van der Waals surface area (Å²) in [7, 11) is -3.84. The number of hydrogen-bond donors (Lipinski definition) is 2. The normalized spacial score (nSPS) is 23.7. The molecule has 0 bridgehead atoms. The molecule has 2 heterocycles. The van der Waals surface area contributed by atoms with Crippen LogP contribution in [0.3, 0.4) is 0 Å². The van der Waals surface area contributed by atoms with Crippen molar-refractivity contribution in [1.29, 1.82) is 0 Å². The molecule has 0 amide bonds. The molecule has 1 aromatic rings. The van der Waals surface area contributed by atoms with Crippen molar-refractivity contribution in [2.24, 2.45) is 0 Å².